The number of carboxylic acid groups (broad SMARTS) is 1. The topological polar surface area (TPSA) is 94.5 Å². The summed E-state index contributed by atoms with van der Waals surface area (Å²) in [6.07, 6.45) is -0.652. The Balaban J connectivity index is 1.34. The normalized spacial score (nSPS) is 15.3. The van der Waals surface area contributed by atoms with E-state index in [-0.39, 0.29) is 0 Å². The first kappa shape index (κ1) is 29.9. The van der Waals surface area contributed by atoms with Gasteiger partial charge < -0.3 is 29.9 Å². The number of nitrogens with one attached hydrogen (secondary N) is 1. The van der Waals surface area contributed by atoms with Gasteiger partial charge in [0.15, 0.2) is 6.10 Å². The van der Waals surface area contributed by atoms with Crippen molar-refractivity contribution >= 4 is 40.7 Å². The fraction of sp³-hybridized carbons (Fsp3) is 0.367. The van der Waals surface area contributed by atoms with Crippen molar-refractivity contribution in [2.75, 3.05) is 63.7 Å². The van der Waals surface area contributed by atoms with Crippen LogP contribution in [-0.2, 0) is 4.79 Å². The predicted molar refractivity (Wildman–Crippen MR) is 161 cm³/mol. The van der Waals surface area contributed by atoms with E-state index in [9.17, 15) is 15.0 Å². The number of rotatable bonds is 13. The molecule has 3 N–H and O–H groups in total. The van der Waals surface area contributed by atoms with Crippen LogP contribution >= 0.6 is 23.4 Å². The summed E-state index contributed by atoms with van der Waals surface area (Å²) in [7, 11) is 3.28. The second-order valence-electron chi connectivity index (χ2n) is 9.52. The van der Waals surface area contributed by atoms with Crippen LogP contribution in [0.15, 0.2) is 71.6 Å². The Kier molecular flexibility index (Phi) is 10.8. The molecule has 1 saturated heterocycles. The summed E-state index contributed by atoms with van der Waals surface area (Å²) in [5, 5.41) is 23.4. The number of para-hydroxylation sites is 2. The maximum Gasteiger partial charge on any atom is 0.334 e. The molecule has 3 aromatic rings. The molecule has 4 rings (SSSR count). The highest BCUT2D eigenvalue weighted by molar-refractivity contribution is 7.99. The number of nitrogens with zero attached hydrogens (tertiary/aromatic N) is 2. The number of aliphatic hydroxyl groups excluding tert-OH is 1. The molecule has 1 heterocycles. The Hall–Kier alpha value is -3.11. The molecule has 2 atom stereocenters. The van der Waals surface area contributed by atoms with Gasteiger partial charge in [0.05, 0.1) is 25.2 Å². The van der Waals surface area contributed by atoms with Crippen molar-refractivity contribution in [2.45, 2.75) is 22.7 Å². The molecule has 40 heavy (non-hydrogen) atoms. The fourth-order valence-electron chi connectivity index (χ4n) is 4.74. The lowest BCUT2D eigenvalue weighted by Crippen LogP contribution is -2.46. The summed E-state index contributed by atoms with van der Waals surface area (Å²) in [4.78, 5) is 17.3. The number of aliphatic hydroxyl groups is 1. The van der Waals surface area contributed by atoms with Crippen LogP contribution in [0, 0.1) is 0 Å². The molecule has 0 aliphatic carbocycles. The van der Waals surface area contributed by atoms with Gasteiger partial charge in [0, 0.05) is 48.3 Å². The van der Waals surface area contributed by atoms with Crippen LogP contribution in [-0.4, -0.2) is 80.7 Å². The van der Waals surface area contributed by atoms with Crippen LogP contribution in [0.5, 0.6) is 11.5 Å². The number of benzene rings is 3. The van der Waals surface area contributed by atoms with Crippen molar-refractivity contribution < 1.29 is 24.5 Å². The standard InChI is InChI=1S/C30H36ClN3O5S/c1-38-23-11-8-21(9-12-23)29(28(35)30(36)37)40-27-20-22(31)10-13-24(27)32-14-5-15-33-16-18-34(19-17-33)25-6-3-4-7-26(25)39-2/h3-4,6-13,20,28-29,32,35H,5,14-19H2,1-2H3,(H,36,37). The summed E-state index contributed by atoms with van der Waals surface area (Å²) in [6.45, 7) is 5.58. The number of piperazine rings is 1. The van der Waals surface area contributed by atoms with Crippen LogP contribution in [0.25, 0.3) is 0 Å². The first-order chi connectivity index (χ1) is 19.4. The minimum Gasteiger partial charge on any atom is -0.497 e. The number of hydrogen-bond acceptors (Lipinski definition) is 8. The highest BCUT2D eigenvalue weighted by Crippen LogP contribution is 2.42. The predicted octanol–water partition coefficient (Wildman–Crippen LogP) is 5.26. The highest BCUT2D eigenvalue weighted by Gasteiger charge is 2.29. The Labute approximate surface area is 244 Å². The van der Waals surface area contributed by atoms with E-state index in [0.29, 0.717) is 16.3 Å². The molecule has 1 aliphatic rings. The summed E-state index contributed by atoms with van der Waals surface area (Å²) in [5.74, 6) is 0.279. The summed E-state index contributed by atoms with van der Waals surface area (Å²) in [6, 6.07) is 20.7. The van der Waals surface area contributed by atoms with Gasteiger partial charge in [0.1, 0.15) is 11.5 Å². The molecule has 1 fully saturated rings. The summed E-state index contributed by atoms with van der Waals surface area (Å²) < 4.78 is 10.7. The molecule has 214 valence electrons. The first-order valence-corrected chi connectivity index (χ1v) is 14.5. The average molecular weight is 586 g/mol. The SMILES string of the molecule is COc1ccc(C(Sc2cc(Cl)ccc2NCCCN2CCN(c3ccccc3OC)CC2)C(O)C(=O)O)cc1. The number of halogens is 1. The van der Waals surface area contributed by atoms with E-state index in [2.05, 4.69) is 21.2 Å². The van der Waals surface area contributed by atoms with E-state index in [1.807, 2.05) is 24.3 Å². The Morgan fingerprint density at radius 3 is 2.42 bits per heavy atom. The van der Waals surface area contributed by atoms with Gasteiger partial charge in [-0.15, -0.1) is 11.8 Å². The van der Waals surface area contributed by atoms with Gasteiger partial charge in [-0.05, 0) is 61.0 Å². The Bertz CT molecular complexity index is 1250. The molecule has 0 saturated carbocycles. The molecule has 0 spiro atoms. The van der Waals surface area contributed by atoms with Crippen molar-refractivity contribution in [1.29, 1.82) is 0 Å². The molecular weight excluding hydrogens is 550 g/mol. The monoisotopic (exact) mass is 585 g/mol. The third-order valence-corrected chi connectivity index (χ3v) is 8.56. The maximum absolute atomic E-state index is 11.7. The van der Waals surface area contributed by atoms with Crippen LogP contribution in [0.1, 0.15) is 17.2 Å². The molecule has 0 radical (unpaired) electrons. The molecule has 2 unspecified atom stereocenters. The molecule has 0 amide bonds. The van der Waals surface area contributed by atoms with E-state index < -0.39 is 17.3 Å². The molecule has 8 nitrogen and oxygen atoms in total. The lowest BCUT2D eigenvalue weighted by molar-refractivity contribution is -0.146. The fourth-order valence-corrected chi connectivity index (χ4v) is 6.25. The summed E-state index contributed by atoms with van der Waals surface area (Å²) >= 11 is 7.59. The zero-order valence-corrected chi connectivity index (χ0v) is 24.3. The van der Waals surface area contributed by atoms with E-state index in [4.69, 9.17) is 21.1 Å². The van der Waals surface area contributed by atoms with Gasteiger partial charge >= 0.3 is 5.97 Å². The lowest BCUT2D eigenvalue weighted by Gasteiger charge is -2.36. The van der Waals surface area contributed by atoms with Gasteiger partial charge in [-0.25, -0.2) is 4.79 Å². The molecule has 10 heteroatoms. The number of ether oxygens (including phenoxy) is 2. The van der Waals surface area contributed by atoms with Crippen molar-refractivity contribution in [2.24, 2.45) is 0 Å². The average Bonchev–Trinajstić information content (AvgIpc) is 2.99. The molecule has 1 aliphatic heterocycles. The van der Waals surface area contributed by atoms with E-state index in [1.54, 1.807) is 50.6 Å². The van der Waals surface area contributed by atoms with E-state index in [1.165, 1.54) is 11.8 Å². The maximum atomic E-state index is 11.7. The zero-order chi connectivity index (χ0) is 28.5. The van der Waals surface area contributed by atoms with E-state index in [0.717, 1.165) is 67.7 Å². The van der Waals surface area contributed by atoms with E-state index >= 15 is 0 Å². The largest absolute Gasteiger partial charge is 0.497 e. The van der Waals surface area contributed by atoms with Crippen molar-refractivity contribution in [3.8, 4) is 11.5 Å². The first-order valence-electron chi connectivity index (χ1n) is 13.2. The van der Waals surface area contributed by atoms with Gasteiger partial charge in [0.2, 0.25) is 0 Å². The Morgan fingerprint density at radius 2 is 1.75 bits per heavy atom. The summed E-state index contributed by atoms with van der Waals surface area (Å²) in [5.41, 5.74) is 2.67. The zero-order valence-electron chi connectivity index (χ0n) is 22.8. The van der Waals surface area contributed by atoms with Crippen LogP contribution in [0.4, 0.5) is 11.4 Å². The number of carbonyl (C=O) groups is 1. The Morgan fingerprint density at radius 1 is 1.02 bits per heavy atom. The van der Waals surface area contributed by atoms with Crippen molar-refractivity contribution in [1.82, 2.24) is 4.90 Å². The quantitative estimate of drug-likeness (QED) is 0.183. The van der Waals surface area contributed by atoms with Crippen LogP contribution in [0.3, 0.4) is 0 Å². The smallest absolute Gasteiger partial charge is 0.334 e. The van der Waals surface area contributed by atoms with Crippen molar-refractivity contribution in [3.05, 3.63) is 77.3 Å². The third-order valence-electron chi connectivity index (χ3n) is 6.95. The number of aliphatic carboxylic acids is 1. The second-order valence-corrected chi connectivity index (χ2v) is 11.1. The van der Waals surface area contributed by atoms with Crippen LogP contribution < -0.4 is 19.7 Å². The minimum absolute atomic E-state index is 0.541. The van der Waals surface area contributed by atoms with Gasteiger partial charge in [0.25, 0.3) is 0 Å². The molecule has 3 aromatic carbocycles. The molecular formula is C30H36ClN3O5S. The number of hydrogen-bond donors (Lipinski definition) is 3. The van der Waals surface area contributed by atoms with Gasteiger partial charge in [-0.2, -0.15) is 0 Å². The number of methoxy groups -OCH3 is 2. The third kappa shape index (κ3) is 7.75. The molecule has 0 bridgehead atoms. The lowest BCUT2D eigenvalue weighted by atomic mass is 10.1. The van der Waals surface area contributed by atoms with Gasteiger partial charge in [-0.1, -0.05) is 35.9 Å². The van der Waals surface area contributed by atoms with Crippen molar-refractivity contribution in [3.63, 3.8) is 0 Å². The molecule has 0 aromatic heterocycles. The second kappa shape index (κ2) is 14.5. The highest BCUT2D eigenvalue weighted by atomic mass is 35.5. The minimum atomic E-state index is -1.60. The number of carboxylic acids is 1. The van der Waals surface area contributed by atoms with Gasteiger partial charge in [-0.3, -0.25) is 4.90 Å². The number of anilines is 2. The number of thioether (sulfide) groups is 1. The van der Waals surface area contributed by atoms with Crippen LogP contribution in [0.2, 0.25) is 5.02 Å².